The number of carbonyl (C=O) groups excluding carboxylic acids is 1. The quantitative estimate of drug-likeness (QED) is 0.424. The summed E-state index contributed by atoms with van der Waals surface area (Å²) in [7, 11) is 4.08. The molecule has 0 spiro atoms. The molecule has 6 nitrogen and oxygen atoms in total. The lowest BCUT2D eigenvalue weighted by Crippen LogP contribution is -2.23. The van der Waals surface area contributed by atoms with Gasteiger partial charge in [0.15, 0.2) is 16.8 Å². The molecule has 1 heterocycles. The van der Waals surface area contributed by atoms with Crippen LogP contribution in [-0.2, 0) is 6.54 Å². The molecule has 1 atom stereocenters. The van der Waals surface area contributed by atoms with E-state index >= 15 is 0 Å². The predicted octanol–water partition coefficient (Wildman–Crippen LogP) is 4.02. The number of phenolic OH excluding ortho intramolecular Hbond substituents is 1. The van der Waals surface area contributed by atoms with Crippen LogP contribution in [0.25, 0.3) is 0 Å². The number of rotatable bonds is 9. The van der Waals surface area contributed by atoms with Crippen LogP contribution in [0.1, 0.15) is 41.1 Å². The molecule has 3 rings (SSSR count). The predicted molar refractivity (Wildman–Crippen MR) is 115 cm³/mol. The van der Waals surface area contributed by atoms with E-state index in [9.17, 15) is 9.90 Å². The minimum atomic E-state index is -0.00883. The molecule has 152 valence electrons. The molecule has 0 saturated heterocycles. The van der Waals surface area contributed by atoms with E-state index in [1.54, 1.807) is 12.1 Å². The van der Waals surface area contributed by atoms with Crippen molar-refractivity contribution in [2.45, 2.75) is 31.1 Å². The Labute approximate surface area is 175 Å². The number of aromatic hydroxyl groups is 1. The maximum Gasteiger partial charge on any atom is 0.192 e. The number of benzene rings is 2. The summed E-state index contributed by atoms with van der Waals surface area (Å²) < 4.78 is 2.11. The first-order valence-corrected chi connectivity index (χ1v) is 10.6. The summed E-state index contributed by atoms with van der Waals surface area (Å²) in [6, 6.07) is 16.7. The molecule has 0 amide bonds. The lowest BCUT2D eigenvalue weighted by atomic mass is 10.1. The Kier molecular flexibility index (Phi) is 7.06. The second kappa shape index (κ2) is 9.71. The molecule has 0 radical (unpaired) electrons. The highest BCUT2D eigenvalue weighted by molar-refractivity contribution is 7.99. The fraction of sp³-hybridized carbons (Fsp3) is 0.318. The van der Waals surface area contributed by atoms with Crippen LogP contribution in [0.2, 0.25) is 0 Å². The number of thioether (sulfide) groups is 1. The fourth-order valence-corrected chi connectivity index (χ4v) is 4.05. The Hall–Kier alpha value is -2.64. The molecule has 0 aliphatic rings. The van der Waals surface area contributed by atoms with E-state index in [0.717, 1.165) is 23.0 Å². The molecule has 0 unspecified atom stereocenters. The SMILES string of the molecule is CC[C@H](c1nnc(SCC(=O)c2ccc(O)cc2)n1Cc1ccccc1)N(C)C. The minimum Gasteiger partial charge on any atom is -0.508 e. The second-order valence-corrected chi connectivity index (χ2v) is 8.00. The summed E-state index contributed by atoms with van der Waals surface area (Å²) in [6.45, 7) is 2.79. The molecule has 0 bridgehead atoms. The first kappa shape index (κ1) is 21.1. The summed E-state index contributed by atoms with van der Waals surface area (Å²) >= 11 is 1.39. The van der Waals surface area contributed by atoms with Crippen molar-refractivity contribution >= 4 is 17.5 Å². The van der Waals surface area contributed by atoms with Gasteiger partial charge in [0, 0.05) is 5.56 Å². The van der Waals surface area contributed by atoms with Crippen molar-refractivity contribution in [2.75, 3.05) is 19.8 Å². The Balaban J connectivity index is 1.84. The van der Waals surface area contributed by atoms with Gasteiger partial charge in [0.05, 0.1) is 18.3 Å². The van der Waals surface area contributed by atoms with Crippen molar-refractivity contribution in [1.29, 1.82) is 0 Å². The minimum absolute atomic E-state index is 0.00883. The highest BCUT2D eigenvalue weighted by atomic mass is 32.2. The van der Waals surface area contributed by atoms with E-state index in [4.69, 9.17) is 0 Å². The molecule has 29 heavy (non-hydrogen) atoms. The Morgan fingerprint density at radius 3 is 2.41 bits per heavy atom. The number of nitrogens with zero attached hydrogens (tertiary/aromatic N) is 4. The number of Topliss-reactive ketones (excluding diaryl/α,β-unsaturated/α-hetero) is 1. The highest BCUT2D eigenvalue weighted by Gasteiger charge is 2.22. The van der Waals surface area contributed by atoms with E-state index in [-0.39, 0.29) is 23.3 Å². The van der Waals surface area contributed by atoms with Gasteiger partial charge in [0.2, 0.25) is 0 Å². The van der Waals surface area contributed by atoms with Gasteiger partial charge in [-0.25, -0.2) is 0 Å². The van der Waals surface area contributed by atoms with Crippen molar-refractivity contribution in [1.82, 2.24) is 19.7 Å². The van der Waals surface area contributed by atoms with E-state index in [0.29, 0.717) is 12.1 Å². The van der Waals surface area contributed by atoms with Gasteiger partial charge in [-0.3, -0.25) is 9.69 Å². The lowest BCUT2D eigenvalue weighted by molar-refractivity contribution is 0.102. The van der Waals surface area contributed by atoms with Gasteiger partial charge in [-0.05, 0) is 50.3 Å². The number of carbonyl (C=O) groups is 1. The number of aromatic nitrogens is 3. The molecule has 0 aliphatic heterocycles. The van der Waals surface area contributed by atoms with Crippen LogP contribution in [0.15, 0.2) is 59.8 Å². The van der Waals surface area contributed by atoms with E-state index in [1.165, 1.54) is 23.9 Å². The van der Waals surface area contributed by atoms with Crippen molar-refractivity contribution in [3.05, 3.63) is 71.5 Å². The Morgan fingerprint density at radius 2 is 1.79 bits per heavy atom. The van der Waals surface area contributed by atoms with Crippen molar-refractivity contribution < 1.29 is 9.90 Å². The number of phenols is 1. The highest BCUT2D eigenvalue weighted by Crippen LogP contribution is 2.26. The van der Waals surface area contributed by atoms with Gasteiger partial charge in [-0.2, -0.15) is 0 Å². The van der Waals surface area contributed by atoms with Crippen LogP contribution < -0.4 is 0 Å². The molecule has 3 aromatic rings. The maximum absolute atomic E-state index is 12.5. The number of hydrogen-bond acceptors (Lipinski definition) is 6. The van der Waals surface area contributed by atoms with E-state index < -0.39 is 0 Å². The Bertz CT molecular complexity index is 939. The second-order valence-electron chi connectivity index (χ2n) is 7.06. The third kappa shape index (κ3) is 5.25. The monoisotopic (exact) mass is 410 g/mol. The van der Waals surface area contributed by atoms with Gasteiger partial charge >= 0.3 is 0 Å². The van der Waals surface area contributed by atoms with Crippen LogP contribution in [0.4, 0.5) is 0 Å². The molecule has 2 aromatic carbocycles. The van der Waals surface area contributed by atoms with Gasteiger partial charge in [-0.15, -0.1) is 10.2 Å². The van der Waals surface area contributed by atoms with Crippen LogP contribution in [-0.4, -0.2) is 50.4 Å². The lowest BCUT2D eigenvalue weighted by Gasteiger charge is -2.23. The molecule has 0 fully saturated rings. The standard InChI is InChI=1S/C22H26N4O2S/c1-4-19(25(2)3)21-23-24-22(26(21)14-16-8-6-5-7-9-16)29-15-20(28)17-10-12-18(27)13-11-17/h5-13,19,27H,4,14-15H2,1-3H3/t19-/m1/s1. The number of ketones is 1. The van der Waals surface area contributed by atoms with Crippen LogP contribution >= 0.6 is 11.8 Å². The van der Waals surface area contributed by atoms with Crippen LogP contribution in [0, 0.1) is 0 Å². The van der Waals surface area contributed by atoms with E-state index in [2.05, 4.69) is 38.7 Å². The average molecular weight is 411 g/mol. The smallest absolute Gasteiger partial charge is 0.192 e. The van der Waals surface area contributed by atoms with Crippen LogP contribution in [0.5, 0.6) is 5.75 Å². The molecule has 7 heteroatoms. The first-order valence-electron chi connectivity index (χ1n) is 9.58. The van der Waals surface area contributed by atoms with Crippen molar-refractivity contribution in [3.63, 3.8) is 0 Å². The third-order valence-corrected chi connectivity index (χ3v) is 5.73. The fourth-order valence-electron chi connectivity index (χ4n) is 3.21. The largest absolute Gasteiger partial charge is 0.508 e. The summed E-state index contributed by atoms with van der Waals surface area (Å²) in [5.41, 5.74) is 1.73. The Morgan fingerprint density at radius 1 is 1.10 bits per heavy atom. The zero-order valence-corrected chi connectivity index (χ0v) is 17.8. The molecule has 0 aliphatic carbocycles. The van der Waals surface area contributed by atoms with Gasteiger partial charge < -0.3 is 9.67 Å². The van der Waals surface area contributed by atoms with Gasteiger partial charge in [0.1, 0.15) is 5.75 Å². The molecular formula is C22H26N4O2S. The summed E-state index contributed by atoms with van der Waals surface area (Å²) in [5, 5.41) is 19.0. The third-order valence-electron chi connectivity index (χ3n) is 4.76. The summed E-state index contributed by atoms with van der Waals surface area (Å²) in [5.74, 6) is 1.30. The normalized spacial score (nSPS) is 12.3. The van der Waals surface area contributed by atoms with Crippen LogP contribution in [0.3, 0.4) is 0 Å². The molecule has 1 aromatic heterocycles. The van der Waals surface area contributed by atoms with Gasteiger partial charge in [0.25, 0.3) is 0 Å². The van der Waals surface area contributed by atoms with Crippen molar-refractivity contribution in [2.24, 2.45) is 0 Å². The zero-order chi connectivity index (χ0) is 20.8. The number of hydrogen-bond donors (Lipinski definition) is 1. The maximum atomic E-state index is 12.5. The topological polar surface area (TPSA) is 71.2 Å². The molecule has 1 N–H and O–H groups in total. The van der Waals surface area contributed by atoms with E-state index in [1.807, 2.05) is 32.3 Å². The average Bonchev–Trinajstić information content (AvgIpc) is 3.10. The van der Waals surface area contributed by atoms with Crippen molar-refractivity contribution in [3.8, 4) is 5.75 Å². The molecule has 0 saturated carbocycles. The van der Waals surface area contributed by atoms with Gasteiger partial charge in [-0.1, -0.05) is 49.0 Å². The summed E-state index contributed by atoms with van der Waals surface area (Å²) in [6.07, 6.45) is 0.914. The first-order chi connectivity index (χ1) is 14.0. The molecular weight excluding hydrogens is 384 g/mol. The summed E-state index contributed by atoms with van der Waals surface area (Å²) in [4.78, 5) is 14.7. The zero-order valence-electron chi connectivity index (χ0n) is 16.9.